The number of fused-ring (bicyclic) bond motifs is 1. The highest BCUT2D eigenvalue weighted by Gasteiger charge is 2.31. The molecule has 154 valence electrons. The third-order valence-corrected chi connectivity index (χ3v) is 6.18. The lowest BCUT2D eigenvalue weighted by atomic mass is 10.1. The molecule has 0 bridgehead atoms. The highest BCUT2D eigenvalue weighted by molar-refractivity contribution is 7.17. The average molecular weight is 433 g/mol. The first-order valence-electron chi connectivity index (χ1n) is 9.60. The Morgan fingerprint density at radius 2 is 2.07 bits per heavy atom. The number of benzene rings is 1. The lowest BCUT2D eigenvalue weighted by Crippen LogP contribution is -2.42. The molecular formula is C21H25ClN4O2S. The highest BCUT2D eigenvalue weighted by atomic mass is 35.5. The van der Waals surface area contributed by atoms with Crippen LogP contribution in [0.2, 0.25) is 0 Å². The van der Waals surface area contributed by atoms with Gasteiger partial charge in [-0.3, -0.25) is 14.2 Å². The molecule has 1 atom stereocenters. The number of nitrogens with two attached hydrogens (primary N) is 1. The van der Waals surface area contributed by atoms with E-state index in [-0.39, 0.29) is 36.3 Å². The molecule has 2 aromatic heterocycles. The van der Waals surface area contributed by atoms with Crippen LogP contribution in [0.3, 0.4) is 0 Å². The van der Waals surface area contributed by atoms with Crippen LogP contribution in [0.5, 0.6) is 0 Å². The number of rotatable bonds is 7. The molecule has 1 aromatic carbocycles. The lowest BCUT2D eigenvalue weighted by molar-refractivity contribution is -0.122. The minimum Gasteiger partial charge on any atom is -0.352 e. The number of aromatic nitrogens is 2. The molecule has 4 rings (SSSR count). The number of hydrogen-bond donors (Lipinski definition) is 2. The zero-order valence-corrected chi connectivity index (χ0v) is 17.9. The van der Waals surface area contributed by atoms with Crippen LogP contribution >= 0.6 is 23.7 Å². The average Bonchev–Trinajstić information content (AvgIpc) is 3.45. The number of halogens is 1. The molecular weight excluding hydrogens is 408 g/mol. The van der Waals surface area contributed by atoms with E-state index in [1.165, 1.54) is 27.8 Å². The molecule has 8 heteroatoms. The number of carbonyl (C=O) groups excluding carboxylic acids is 1. The highest BCUT2D eigenvalue weighted by Crippen LogP contribution is 2.32. The summed E-state index contributed by atoms with van der Waals surface area (Å²) in [6, 6.07) is 8.16. The summed E-state index contributed by atoms with van der Waals surface area (Å²) >= 11 is 1.46. The van der Waals surface area contributed by atoms with E-state index in [0.717, 1.165) is 28.8 Å². The Bertz CT molecular complexity index is 1060. The van der Waals surface area contributed by atoms with E-state index >= 15 is 0 Å². The standard InChI is InChI=1S/C21H24N4O2S.ClH/c1-13-2-4-14(5-3-13)16-11-28-20-19(16)21(27)25(12-23-20)9-8-18(26)24-17(10-22)15-6-7-15;/h2-5,11-12,15,17H,6-10,22H2,1H3,(H,24,26);1H. The van der Waals surface area contributed by atoms with Crippen molar-refractivity contribution in [1.29, 1.82) is 0 Å². The van der Waals surface area contributed by atoms with Crippen LogP contribution in [-0.2, 0) is 11.3 Å². The van der Waals surface area contributed by atoms with Crippen molar-refractivity contribution in [3.63, 3.8) is 0 Å². The smallest absolute Gasteiger partial charge is 0.262 e. The largest absolute Gasteiger partial charge is 0.352 e. The maximum atomic E-state index is 13.0. The van der Waals surface area contributed by atoms with Gasteiger partial charge in [-0.15, -0.1) is 23.7 Å². The molecule has 0 aliphatic heterocycles. The Morgan fingerprint density at radius 3 is 2.72 bits per heavy atom. The van der Waals surface area contributed by atoms with Crippen molar-refractivity contribution in [2.45, 2.75) is 38.8 Å². The van der Waals surface area contributed by atoms with Gasteiger partial charge in [0, 0.05) is 36.5 Å². The molecule has 0 spiro atoms. The van der Waals surface area contributed by atoms with Gasteiger partial charge in [-0.2, -0.15) is 0 Å². The molecule has 1 aliphatic rings. The fourth-order valence-corrected chi connectivity index (χ4v) is 4.35. The summed E-state index contributed by atoms with van der Waals surface area (Å²) < 4.78 is 1.53. The van der Waals surface area contributed by atoms with Crippen molar-refractivity contribution in [1.82, 2.24) is 14.9 Å². The summed E-state index contributed by atoms with van der Waals surface area (Å²) in [6.07, 6.45) is 4.03. The molecule has 2 heterocycles. The molecule has 1 amide bonds. The Labute approximate surface area is 179 Å². The van der Waals surface area contributed by atoms with Crippen molar-refractivity contribution in [3.05, 3.63) is 51.9 Å². The number of carbonyl (C=O) groups is 1. The van der Waals surface area contributed by atoms with E-state index in [1.807, 2.05) is 36.6 Å². The number of nitrogens with one attached hydrogen (secondary N) is 1. The number of hydrogen-bond acceptors (Lipinski definition) is 5. The zero-order valence-electron chi connectivity index (χ0n) is 16.3. The molecule has 6 nitrogen and oxygen atoms in total. The number of aryl methyl sites for hydroxylation is 2. The van der Waals surface area contributed by atoms with E-state index in [1.54, 1.807) is 0 Å². The summed E-state index contributed by atoms with van der Waals surface area (Å²) in [6.45, 7) is 2.80. The third-order valence-electron chi connectivity index (χ3n) is 5.29. The monoisotopic (exact) mass is 432 g/mol. The van der Waals surface area contributed by atoms with Crippen molar-refractivity contribution in [2.75, 3.05) is 6.54 Å². The second kappa shape index (κ2) is 9.07. The van der Waals surface area contributed by atoms with Crippen molar-refractivity contribution in [3.8, 4) is 11.1 Å². The van der Waals surface area contributed by atoms with E-state index in [9.17, 15) is 9.59 Å². The SMILES string of the molecule is Cc1ccc(-c2csc3ncn(CCC(=O)NC(CN)C4CC4)c(=O)c23)cc1.Cl. The maximum absolute atomic E-state index is 13.0. The third kappa shape index (κ3) is 4.69. The van der Waals surface area contributed by atoms with Gasteiger partial charge in [0.05, 0.1) is 11.7 Å². The molecule has 29 heavy (non-hydrogen) atoms. The topological polar surface area (TPSA) is 90.0 Å². The second-order valence-corrected chi connectivity index (χ2v) is 8.29. The predicted octanol–water partition coefficient (Wildman–Crippen LogP) is 3.10. The molecule has 1 aliphatic carbocycles. The molecule has 0 saturated heterocycles. The first kappa shape index (κ1) is 21.5. The number of amides is 1. The van der Waals surface area contributed by atoms with Crippen LogP contribution in [-0.4, -0.2) is 28.0 Å². The molecule has 1 saturated carbocycles. The maximum Gasteiger partial charge on any atom is 0.262 e. The van der Waals surface area contributed by atoms with Gasteiger partial charge in [-0.05, 0) is 31.2 Å². The molecule has 1 fully saturated rings. The van der Waals surface area contributed by atoms with Gasteiger partial charge in [0.1, 0.15) is 4.83 Å². The molecule has 3 N–H and O–H groups in total. The summed E-state index contributed by atoms with van der Waals surface area (Å²) in [5.74, 6) is 0.441. The van der Waals surface area contributed by atoms with Gasteiger partial charge >= 0.3 is 0 Å². The Hall–Kier alpha value is -2.22. The van der Waals surface area contributed by atoms with Crippen molar-refractivity contribution >= 4 is 39.9 Å². The zero-order chi connectivity index (χ0) is 19.7. The fourth-order valence-electron chi connectivity index (χ4n) is 3.44. The van der Waals surface area contributed by atoms with E-state index in [4.69, 9.17) is 5.73 Å². The van der Waals surface area contributed by atoms with Gasteiger partial charge in [0.2, 0.25) is 5.91 Å². The predicted molar refractivity (Wildman–Crippen MR) is 120 cm³/mol. The number of nitrogens with zero attached hydrogens (tertiary/aromatic N) is 2. The lowest BCUT2D eigenvalue weighted by Gasteiger charge is -2.16. The van der Waals surface area contributed by atoms with Crippen LogP contribution in [0.1, 0.15) is 24.8 Å². The summed E-state index contributed by atoms with van der Waals surface area (Å²) in [5, 5.41) is 5.59. The first-order valence-corrected chi connectivity index (χ1v) is 10.5. The Balaban J connectivity index is 0.00000240. The summed E-state index contributed by atoms with van der Waals surface area (Å²) in [7, 11) is 0. The van der Waals surface area contributed by atoms with Crippen molar-refractivity contribution in [2.24, 2.45) is 11.7 Å². The van der Waals surface area contributed by atoms with Crippen LogP contribution in [0.4, 0.5) is 0 Å². The van der Waals surface area contributed by atoms with Gasteiger partial charge in [0.15, 0.2) is 0 Å². The number of thiophene rings is 1. The van der Waals surface area contributed by atoms with Crippen LogP contribution < -0.4 is 16.6 Å². The van der Waals surface area contributed by atoms with Gasteiger partial charge in [-0.25, -0.2) is 4.98 Å². The van der Waals surface area contributed by atoms with E-state index in [0.29, 0.717) is 24.4 Å². The van der Waals surface area contributed by atoms with Crippen LogP contribution in [0.25, 0.3) is 21.3 Å². The van der Waals surface area contributed by atoms with Crippen molar-refractivity contribution < 1.29 is 4.79 Å². The van der Waals surface area contributed by atoms with Gasteiger partial charge in [-0.1, -0.05) is 29.8 Å². The first-order chi connectivity index (χ1) is 13.6. The second-order valence-electron chi connectivity index (χ2n) is 7.44. The quantitative estimate of drug-likeness (QED) is 0.600. The summed E-state index contributed by atoms with van der Waals surface area (Å²) in [5.41, 5.74) is 8.71. The van der Waals surface area contributed by atoms with Gasteiger partial charge in [0.25, 0.3) is 5.56 Å². The normalized spacial score (nSPS) is 14.4. The fraction of sp³-hybridized carbons (Fsp3) is 0.381. The van der Waals surface area contributed by atoms with E-state index in [2.05, 4.69) is 10.3 Å². The van der Waals surface area contributed by atoms with Gasteiger partial charge < -0.3 is 11.1 Å². The minimum atomic E-state index is -0.104. The molecule has 1 unspecified atom stereocenters. The summed E-state index contributed by atoms with van der Waals surface area (Å²) in [4.78, 5) is 30.4. The Morgan fingerprint density at radius 1 is 1.34 bits per heavy atom. The van der Waals surface area contributed by atoms with Crippen LogP contribution in [0.15, 0.2) is 40.8 Å². The van der Waals surface area contributed by atoms with E-state index < -0.39 is 0 Å². The molecule has 3 aromatic rings. The molecule has 0 radical (unpaired) electrons. The van der Waals surface area contributed by atoms with Crippen LogP contribution in [0, 0.1) is 12.8 Å². The minimum absolute atomic E-state index is 0. The Kier molecular flexibility index (Phi) is 6.72.